The lowest BCUT2D eigenvalue weighted by molar-refractivity contribution is -0.140. The van der Waals surface area contributed by atoms with E-state index in [1.54, 1.807) is 7.11 Å². The molecule has 0 radical (unpaired) electrons. The molecule has 0 spiro atoms. The largest absolute Gasteiger partial charge is 0.383 e. The van der Waals surface area contributed by atoms with Crippen molar-refractivity contribution in [2.45, 2.75) is 46.3 Å². The number of rotatable bonds is 8. The third-order valence-corrected chi connectivity index (χ3v) is 2.52. The quantitative estimate of drug-likeness (QED) is 0.638. The maximum absolute atomic E-state index is 11.9. The number of carbonyl (C=O) groups is 1. The Bertz CT molecular complexity index is 195. The lowest BCUT2D eigenvalue weighted by Crippen LogP contribution is -2.42. The number of amides is 1. The lowest BCUT2D eigenvalue weighted by Gasteiger charge is -2.28. The highest BCUT2D eigenvalue weighted by atomic mass is 16.5. The van der Waals surface area contributed by atoms with Gasteiger partial charge in [0.25, 0.3) is 0 Å². The van der Waals surface area contributed by atoms with E-state index in [0.29, 0.717) is 13.2 Å². The molecule has 16 heavy (non-hydrogen) atoms. The molecule has 1 atom stereocenters. The number of nitrogens with zero attached hydrogens (tertiary/aromatic N) is 1. The van der Waals surface area contributed by atoms with Crippen molar-refractivity contribution in [2.75, 3.05) is 26.9 Å². The van der Waals surface area contributed by atoms with Crippen molar-refractivity contribution in [3.05, 3.63) is 0 Å². The molecule has 0 aromatic heterocycles. The molecule has 0 aliphatic rings. The van der Waals surface area contributed by atoms with Crippen LogP contribution in [0.1, 0.15) is 34.1 Å². The van der Waals surface area contributed by atoms with Crippen molar-refractivity contribution in [3.63, 3.8) is 0 Å². The molecule has 0 N–H and O–H groups in total. The van der Waals surface area contributed by atoms with Gasteiger partial charge in [0.05, 0.1) is 12.7 Å². The summed E-state index contributed by atoms with van der Waals surface area (Å²) >= 11 is 0. The Labute approximate surface area is 98.9 Å². The molecular weight excluding hydrogens is 206 g/mol. The van der Waals surface area contributed by atoms with Crippen molar-refractivity contribution in [2.24, 2.45) is 0 Å². The Kier molecular flexibility index (Phi) is 8.21. The summed E-state index contributed by atoms with van der Waals surface area (Å²) in [6, 6.07) is 0.235. The van der Waals surface area contributed by atoms with Crippen LogP contribution in [0.25, 0.3) is 0 Å². The van der Waals surface area contributed by atoms with Crippen LogP contribution in [0.5, 0.6) is 0 Å². The zero-order valence-electron chi connectivity index (χ0n) is 11.2. The van der Waals surface area contributed by atoms with Gasteiger partial charge in [-0.1, -0.05) is 6.92 Å². The SMILES string of the molecule is CCC(C)N(CCOC)C(=O)COC(C)C. The first-order chi connectivity index (χ1) is 7.52. The van der Waals surface area contributed by atoms with Crippen LogP contribution in [-0.2, 0) is 14.3 Å². The van der Waals surface area contributed by atoms with Gasteiger partial charge in [0, 0.05) is 19.7 Å². The number of ether oxygens (including phenoxy) is 2. The number of hydrogen-bond donors (Lipinski definition) is 0. The summed E-state index contributed by atoms with van der Waals surface area (Å²) in [4.78, 5) is 13.7. The molecule has 96 valence electrons. The summed E-state index contributed by atoms with van der Waals surface area (Å²) in [6.45, 7) is 9.32. The first kappa shape index (κ1) is 15.4. The molecular formula is C12H25NO3. The third kappa shape index (κ3) is 6.08. The van der Waals surface area contributed by atoms with E-state index in [-0.39, 0.29) is 24.7 Å². The smallest absolute Gasteiger partial charge is 0.248 e. The average molecular weight is 231 g/mol. The van der Waals surface area contributed by atoms with Gasteiger partial charge >= 0.3 is 0 Å². The van der Waals surface area contributed by atoms with Gasteiger partial charge < -0.3 is 14.4 Å². The number of methoxy groups -OCH3 is 1. The van der Waals surface area contributed by atoms with Gasteiger partial charge in [0.2, 0.25) is 5.91 Å². The highest BCUT2D eigenvalue weighted by Gasteiger charge is 2.18. The maximum atomic E-state index is 11.9. The maximum Gasteiger partial charge on any atom is 0.248 e. The van der Waals surface area contributed by atoms with E-state index in [2.05, 4.69) is 6.92 Å². The first-order valence-electron chi connectivity index (χ1n) is 5.92. The normalized spacial score (nSPS) is 12.9. The van der Waals surface area contributed by atoms with Crippen LogP contribution in [0.2, 0.25) is 0 Å². The molecule has 0 saturated carbocycles. The number of hydrogen-bond acceptors (Lipinski definition) is 3. The Morgan fingerprint density at radius 2 is 1.94 bits per heavy atom. The predicted molar refractivity (Wildman–Crippen MR) is 64.4 cm³/mol. The molecule has 0 aliphatic carbocycles. The van der Waals surface area contributed by atoms with E-state index in [9.17, 15) is 4.79 Å². The Morgan fingerprint density at radius 3 is 2.38 bits per heavy atom. The minimum Gasteiger partial charge on any atom is -0.383 e. The second-order valence-corrected chi connectivity index (χ2v) is 4.20. The van der Waals surface area contributed by atoms with Crippen molar-refractivity contribution in [3.8, 4) is 0 Å². The third-order valence-electron chi connectivity index (χ3n) is 2.52. The number of carbonyl (C=O) groups excluding carboxylic acids is 1. The van der Waals surface area contributed by atoms with Gasteiger partial charge in [-0.3, -0.25) is 4.79 Å². The van der Waals surface area contributed by atoms with Crippen LogP contribution >= 0.6 is 0 Å². The summed E-state index contributed by atoms with van der Waals surface area (Å²) in [5, 5.41) is 0. The van der Waals surface area contributed by atoms with Gasteiger partial charge in [-0.25, -0.2) is 0 Å². The van der Waals surface area contributed by atoms with E-state index in [0.717, 1.165) is 6.42 Å². The molecule has 0 heterocycles. The zero-order chi connectivity index (χ0) is 12.6. The molecule has 1 amide bonds. The summed E-state index contributed by atoms with van der Waals surface area (Å²) < 4.78 is 10.3. The van der Waals surface area contributed by atoms with E-state index < -0.39 is 0 Å². The van der Waals surface area contributed by atoms with Gasteiger partial charge in [-0.05, 0) is 27.2 Å². The van der Waals surface area contributed by atoms with E-state index >= 15 is 0 Å². The fourth-order valence-corrected chi connectivity index (χ4v) is 1.32. The van der Waals surface area contributed by atoms with Crippen LogP contribution in [0.3, 0.4) is 0 Å². The van der Waals surface area contributed by atoms with E-state index in [4.69, 9.17) is 9.47 Å². The molecule has 1 unspecified atom stereocenters. The first-order valence-corrected chi connectivity index (χ1v) is 5.92. The van der Waals surface area contributed by atoms with Crippen LogP contribution in [0, 0.1) is 0 Å². The molecule has 0 fully saturated rings. The van der Waals surface area contributed by atoms with Gasteiger partial charge in [0.1, 0.15) is 6.61 Å². The standard InChI is InChI=1S/C12H25NO3/c1-6-11(4)13(7-8-15-5)12(14)9-16-10(2)3/h10-11H,6-9H2,1-5H3. The van der Waals surface area contributed by atoms with Gasteiger partial charge in [-0.2, -0.15) is 0 Å². The van der Waals surface area contributed by atoms with Crippen molar-refractivity contribution in [1.29, 1.82) is 0 Å². The highest BCUT2D eigenvalue weighted by molar-refractivity contribution is 5.77. The van der Waals surface area contributed by atoms with E-state index in [1.165, 1.54) is 0 Å². The molecule has 0 aliphatic heterocycles. The molecule has 4 nitrogen and oxygen atoms in total. The van der Waals surface area contributed by atoms with Crippen LogP contribution < -0.4 is 0 Å². The molecule has 0 bridgehead atoms. The van der Waals surface area contributed by atoms with Crippen LogP contribution in [0.15, 0.2) is 0 Å². The molecule has 0 aromatic carbocycles. The van der Waals surface area contributed by atoms with E-state index in [1.807, 2.05) is 25.7 Å². The van der Waals surface area contributed by atoms with Crippen LogP contribution in [0.4, 0.5) is 0 Å². The van der Waals surface area contributed by atoms with Crippen molar-refractivity contribution >= 4 is 5.91 Å². The fourth-order valence-electron chi connectivity index (χ4n) is 1.32. The minimum atomic E-state index is 0.0418. The Morgan fingerprint density at radius 1 is 1.31 bits per heavy atom. The van der Waals surface area contributed by atoms with Crippen molar-refractivity contribution in [1.82, 2.24) is 4.90 Å². The predicted octanol–water partition coefficient (Wildman–Crippen LogP) is 1.68. The lowest BCUT2D eigenvalue weighted by atomic mass is 10.2. The summed E-state index contributed by atoms with van der Waals surface area (Å²) in [5.74, 6) is 0.0418. The molecule has 4 heteroatoms. The Hall–Kier alpha value is -0.610. The average Bonchev–Trinajstić information content (AvgIpc) is 2.26. The molecule has 0 rings (SSSR count). The summed E-state index contributed by atoms with van der Waals surface area (Å²) in [5.41, 5.74) is 0. The zero-order valence-corrected chi connectivity index (χ0v) is 11.2. The van der Waals surface area contributed by atoms with Crippen molar-refractivity contribution < 1.29 is 14.3 Å². The minimum absolute atomic E-state index is 0.0418. The molecule has 0 aromatic rings. The van der Waals surface area contributed by atoms with Gasteiger partial charge in [-0.15, -0.1) is 0 Å². The molecule has 0 saturated heterocycles. The Balaban J connectivity index is 4.20. The second kappa shape index (κ2) is 8.53. The van der Waals surface area contributed by atoms with Crippen LogP contribution in [-0.4, -0.2) is 49.8 Å². The van der Waals surface area contributed by atoms with Gasteiger partial charge in [0.15, 0.2) is 0 Å². The topological polar surface area (TPSA) is 38.8 Å². The fraction of sp³-hybridized carbons (Fsp3) is 0.917. The second-order valence-electron chi connectivity index (χ2n) is 4.20. The highest BCUT2D eigenvalue weighted by Crippen LogP contribution is 2.04. The monoisotopic (exact) mass is 231 g/mol. The summed E-state index contributed by atoms with van der Waals surface area (Å²) in [6.07, 6.45) is 1.03. The summed E-state index contributed by atoms with van der Waals surface area (Å²) in [7, 11) is 1.64.